The lowest BCUT2D eigenvalue weighted by molar-refractivity contribution is -0.120. The predicted molar refractivity (Wildman–Crippen MR) is 111 cm³/mol. The molecule has 1 amide bonds. The van der Waals surface area contributed by atoms with Gasteiger partial charge in [0.05, 0.1) is 10.9 Å². The van der Waals surface area contributed by atoms with Crippen molar-refractivity contribution in [2.75, 3.05) is 5.32 Å². The van der Waals surface area contributed by atoms with Gasteiger partial charge in [-0.1, -0.05) is 49.6 Å². The Labute approximate surface area is 165 Å². The van der Waals surface area contributed by atoms with Crippen LogP contribution in [0.3, 0.4) is 0 Å². The first-order valence-corrected chi connectivity index (χ1v) is 10.1. The van der Waals surface area contributed by atoms with E-state index < -0.39 is 0 Å². The number of carbonyl (C=O) groups excluding carboxylic acids is 1. The SMILES string of the molecule is CC(C)(C)n1nc(-c2ccccc2)c2c(NC(=O)C3CCCCC3)ncnc21. The third kappa shape index (κ3) is 3.51. The molecule has 0 bridgehead atoms. The summed E-state index contributed by atoms with van der Waals surface area (Å²) in [6.07, 6.45) is 6.87. The molecule has 0 atom stereocenters. The molecule has 0 spiro atoms. The van der Waals surface area contributed by atoms with Crippen molar-refractivity contribution in [1.82, 2.24) is 19.7 Å². The molecule has 0 aliphatic heterocycles. The molecule has 146 valence electrons. The van der Waals surface area contributed by atoms with Crippen molar-refractivity contribution in [2.45, 2.75) is 58.4 Å². The fourth-order valence-electron chi connectivity index (χ4n) is 3.90. The molecular formula is C22H27N5O. The number of hydrogen-bond acceptors (Lipinski definition) is 4. The maximum absolute atomic E-state index is 12.9. The van der Waals surface area contributed by atoms with Crippen LogP contribution in [0.4, 0.5) is 5.82 Å². The molecule has 2 heterocycles. The first kappa shape index (κ1) is 18.6. The van der Waals surface area contributed by atoms with Crippen LogP contribution in [0, 0.1) is 5.92 Å². The number of anilines is 1. The number of nitrogens with zero attached hydrogens (tertiary/aromatic N) is 4. The third-order valence-electron chi connectivity index (χ3n) is 5.36. The molecule has 1 N–H and O–H groups in total. The quantitative estimate of drug-likeness (QED) is 0.714. The Hall–Kier alpha value is -2.76. The normalized spacial score (nSPS) is 15.7. The fraction of sp³-hybridized carbons (Fsp3) is 0.455. The number of amides is 1. The molecule has 2 aromatic heterocycles. The first-order valence-electron chi connectivity index (χ1n) is 10.1. The number of aromatic nitrogens is 4. The molecular weight excluding hydrogens is 350 g/mol. The highest BCUT2D eigenvalue weighted by Gasteiger charge is 2.27. The Morgan fingerprint density at radius 3 is 2.46 bits per heavy atom. The topological polar surface area (TPSA) is 72.7 Å². The predicted octanol–water partition coefficient (Wildman–Crippen LogP) is 4.77. The minimum Gasteiger partial charge on any atom is -0.310 e. The van der Waals surface area contributed by atoms with E-state index in [9.17, 15) is 4.79 Å². The summed E-state index contributed by atoms with van der Waals surface area (Å²) in [5.74, 6) is 0.675. The van der Waals surface area contributed by atoms with Crippen LogP contribution in [0.2, 0.25) is 0 Å². The Morgan fingerprint density at radius 1 is 1.07 bits per heavy atom. The van der Waals surface area contributed by atoms with E-state index in [1.807, 2.05) is 35.0 Å². The second-order valence-corrected chi connectivity index (χ2v) is 8.54. The highest BCUT2D eigenvalue weighted by atomic mass is 16.1. The van der Waals surface area contributed by atoms with Crippen LogP contribution in [-0.2, 0) is 10.3 Å². The minimum atomic E-state index is -0.246. The summed E-state index contributed by atoms with van der Waals surface area (Å²) < 4.78 is 1.92. The molecule has 1 aliphatic carbocycles. The van der Waals surface area contributed by atoms with Crippen LogP contribution in [-0.4, -0.2) is 25.7 Å². The smallest absolute Gasteiger partial charge is 0.228 e. The minimum absolute atomic E-state index is 0.0576. The van der Waals surface area contributed by atoms with E-state index in [4.69, 9.17) is 5.10 Å². The Balaban J connectivity index is 1.83. The van der Waals surface area contributed by atoms with Crippen molar-refractivity contribution in [1.29, 1.82) is 0 Å². The monoisotopic (exact) mass is 377 g/mol. The van der Waals surface area contributed by atoms with E-state index in [2.05, 4.69) is 36.1 Å². The first-order chi connectivity index (χ1) is 13.4. The Kier molecular flexibility index (Phi) is 4.87. The van der Waals surface area contributed by atoms with Gasteiger partial charge in [0.1, 0.15) is 17.8 Å². The molecule has 1 saturated carbocycles. The van der Waals surface area contributed by atoms with E-state index in [0.29, 0.717) is 5.82 Å². The molecule has 0 saturated heterocycles. The molecule has 6 heteroatoms. The van der Waals surface area contributed by atoms with Crippen molar-refractivity contribution in [3.63, 3.8) is 0 Å². The van der Waals surface area contributed by atoms with Crippen LogP contribution in [0.15, 0.2) is 36.7 Å². The van der Waals surface area contributed by atoms with Crippen LogP contribution in [0.25, 0.3) is 22.3 Å². The summed E-state index contributed by atoms with van der Waals surface area (Å²) >= 11 is 0. The van der Waals surface area contributed by atoms with Crippen molar-refractivity contribution in [3.05, 3.63) is 36.7 Å². The summed E-state index contributed by atoms with van der Waals surface area (Å²) in [5.41, 5.74) is 2.27. The molecule has 1 fully saturated rings. The molecule has 1 aliphatic rings. The largest absolute Gasteiger partial charge is 0.310 e. The van der Waals surface area contributed by atoms with Crippen molar-refractivity contribution in [2.24, 2.45) is 5.92 Å². The van der Waals surface area contributed by atoms with Crippen LogP contribution in [0.1, 0.15) is 52.9 Å². The third-order valence-corrected chi connectivity index (χ3v) is 5.36. The standard InChI is InChI=1S/C22H27N5O/c1-22(2,3)27-20-17(18(26-27)15-10-6-4-7-11-15)19(23-14-24-20)25-21(28)16-12-8-5-9-13-16/h4,6-7,10-11,14,16H,5,8-9,12-13H2,1-3H3,(H,23,24,25,28). The van der Waals surface area contributed by atoms with E-state index >= 15 is 0 Å². The van der Waals surface area contributed by atoms with Crippen LogP contribution >= 0.6 is 0 Å². The van der Waals surface area contributed by atoms with E-state index in [1.54, 1.807) is 0 Å². The molecule has 3 aromatic rings. The average Bonchev–Trinajstić information content (AvgIpc) is 3.10. The van der Waals surface area contributed by atoms with Gasteiger partial charge in [-0.05, 0) is 33.6 Å². The fourth-order valence-corrected chi connectivity index (χ4v) is 3.90. The molecule has 0 unspecified atom stereocenters. The summed E-state index contributed by atoms with van der Waals surface area (Å²) in [6.45, 7) is 6.28. The highest BCUT2D eigenvalue weighted by Crippen LogP contribution is 2.34. The molecule has 28 heavy (non-hydrogen) atoms. The maximum atomic E-state index is 12.9. The summed E-state index contributed by atoms with van der Waals surface area (Å²) in [4.78, 5) is 21.8. The lowest BCUT2D eigenvalue weighted by Crippen LogP contribution is -2.25. The molecule has 1 aromatic carbocycles. The van der Waals surface area contributed by atoms with Gasteiger partial charge in [-0.15, -0.1) is 0 Å². The van der Waals surface area contributed by atoms with Gasteiger partial charge in [-0.2, -0.15) is 5.10 Å². The lowest BCUT2D eigenvalue weighted by Gasteiger charge is -2.21. The lowest BCUT2D eigenvalue weighted by atomic mass is 9.88. The second-order valence-electron chi connectivity index (χ2n) is 8.54. The number of rotatable bonds is 3. The van der Waals surface area contributed by atoms with Crippen LogP contribution < -0.4 is 5.32 Å². The number of benzene rings is 1. The molecule has 0 radical (unpaired) electrons. The number of nitrogens with one attached hydrogen (secondary N) is 1. The average molecular weight is 377 g/mol. The number of fused-ring (bicyclic) bond motifs is 1. The van der Waals surface area contributed by atoms with Gasteiger partial charge < -0.3 is 5.32 Å². The van der Waals surface area contributed by atoms with E-state index in [0.717, 1.165) is 48.0 Å². The highest BCUT2D eigenvalue weighted by molar-refractivity contribution is 6.05. The van der Waals surface area contributed by atoms with Crippen molar-refractivity contribution in [3.8, 4) is 11.3 Å². The molecule has 6 nitrogen and oxygen atoms in total. The van der Waals surface area contributed by atoms with E-state index in [-0.39, 0.29) is 17.4 Å². The summed E-state index contributed by atoms with van der Waals surface area (Å²) in [6, 6.07) is 10.0. The van der Waals surface area contributed by atoms with Gasteiger partial charge in [0.25, 0.3) is 0 Å². The van der Waals surface area contributed by atoms with Crippen molar-refractivity contribution < 1.29 is 4.79 Å². The van der Waals surface area contributed by atoms with Gasteiger partial charge in [-0.25, -0.2) is 14.6 Å². The summed E-state index contributed by atoms with van der Waals surface area (Å²) in [7, 11) is 0. The zero-order valence-corrected chi connectivity index (χ0v) is 16.8. The zero-order valence-electron chi connectivity index (χ0n) is 16.8. The van der Waals surface area contributed by atoms with Gasteiger partial charge in [0.2, 0.25) is 5.91 Å². The van der Waals surface area contributed by atoms with Gasteiger partial charge in [-0.3, -0.25) is 4.79 Å². The number of carbonyl (C=O) groups is 1. The Bertz CT molecular complexity index is 981. The van der Waals surface area contributed by atoms with Crippen LogP contribution in [0.5, 0.6) is 0 Å². The van der Waals surface area contributed by atoms with Crippen molar-refractivity contribution >= 4 is 22.8 Å². The van der Waals surface area contributed by atoms with Gasteiger partial charge in [0, 0.05) is 11.5 Å². The van der Waals surface area contributed by atoms with Gasteiger partial charge in [0.15, 0.2) is 5.65 Å². The molecule has 4 rings (SSSR count). The maximum Gasteiger partial charge on any atom is 0.228 e. The Morgan fingerprint density at radius 2 is 1.79 bits per heavy atom. The van der Waals surface area contributed by atoms with Gasteiger partial charge >= 0.3 is 0 Å². The number of hydrogen-bond donors (Lipinski definition) is 1. The van der Waals surface area contributed by atoms with E-state index in [1.165, 1.54) is 12.7 Å². The second kappa shape index (κ2) is 7.34. The zero-order chi connectivity index (χ0) is 19.7. The summed E-state index contributed by atoms with van der Waals surface area (Å²) in [5, 5.41) is 8.76.